The number of rotatable bonds is 6. The molecule has 0 atom stereocenters. The first-order chi connectivity index (χ1) is 14.1. The highest BCUT2D eigenvalue weighted by molar-refractivity contribution is 8.08. The zero-order valence-electron chi connectivity index (χ0n) is 15.9. The molecule has 3 heterocycles. The van der Waals surface area contributed by atoms with Gasteiger partial charge in [0.05, 0.1) is 12.7 Å². The first kappa shape index (κ1) is 17.9. The summed E-state index contributed by atoms with van der Waals surface area (Å²) in [4.78, 5) is 17.5. The van der Waals surface area contributed by atoms with Gasteiger partial charge in [0.15, 0.2) is 5.82 Å². The normalized spacial score (nSPS) is 15.6. The monoisotopic (exact) mass is 407 g/mol. The molecule has 1 aliphatic carbocycles. The average molecular weight is 408 g/mol. The second-order valence-corrected chi connectivity index (χ2v) is 8.34. The first-order valence-electron chi connectivity index (χ1n) is 9.52. The van der Waals surface area contributed by atoms with Gasteiger partial charge in [-0.1, -0.05) is 11.8 Å². The molecular formula is C20H21N7OS. The summed E-state index contributed by atoms with van der Waals surface area (Å²) < 4.78 is 2.08. The molecule has 2 aliphatic rings. The van der Waals surface area contributed by atoms with Crippen LogP contribution in [0, 0.1) is 12.8 Å². The van der Waals surface area contributed by atoms with E-state index in [9.17, 15) is 4.79 Å². The molecule has 0 spiro atoms. The highest BCUT2D eigenvalue weighted by Gasteiger charge is 2.29. The number of aryl methyl sites for hydroxylation is 1. The van der Waals surface area contributed by atoms with E-state index in [4.69, 9.17) is 0 Å². The van der Waals surface area contributed by atoms with Gasteiger partial charge in [0.1, 0.15) is 10.9 Å². The van der Waals surface area contributed by atoms with Gasteiger partial charge in [0.25, 0.3) is 0 Å². The van der Waals surface area contributed by atoms with Crippen LogP contribution in [0.25, 0.3) is 5.03 Å². The van der Waals surface area contributed by atoms with Gasteiger partial charge in [-0.2, -0.15) is 5.10 Å². The molecule has 9 heteroatoms. The van der Waals surface area contributed by atoms with Gasteiger partial charge in [-0.05, 0) is 44.0 Å². The van der Waals surface area contributed by atoms with E-state index in [1.165, 1.54) is 0 Å². The summed E-state index contributed by atoms with van der Waals surface area (Å²) in [6.45, 7) is 2.60. The lowest BCUT2D eigenvalue weighted by molar-refractivity contribution is -0.117. The number of nitrogens with zero attached hydrogens (tertiary/aromatic N) is 4. The summed E-state index contributed by atoms with van der Waals surface area (Å²) in [5.41, 5.74) is 5.13. The minimum Gasteiger partial charge on any atom is -0.326 e. The molecule has 5 rings (SSSR count). The number of H-pyrrole nitrogens is 1. The maximum Gasteiger partial charge on any atom is 0.227 e. The van der Waals surface area contributed by atoms with Crippen molar-refractivity contribution in [1.82, 2.24) is 24.8 Å². The quantitative estimate of drug-likeness (QED) is 0.578. The Morgan fingerprint density at radius 3 is 2.83 bits per heavy atom. The number of benzene rings is 1. The van der Waals surface area contributed by atoms with Gasteiger partial charge in [-0.15, -0.1) is 0 Å². The van der Waals surface area contributed by atoms with E-state index < -0.39 is 0 Å². The maximum absolute atomic E-state index is 11.9. The predicted octanol–water partition coefficient (Wildman–Crippen LogP) is 3.65. The Bertz CT molecular complexity index is 1060. The van der Waals surface area contributed by atoms with Gasteiger partial charge in [-0.25, -0.2) is 4.98 Å². The number of carbonyl (C=O) groups excluding carboxylic acids is 1. The van der Waals surface area contributed by atoms with Crippen LogP contribution in [0.4, 0.5) is 11.5 Å². The van der Waals surface area contributed by atoms with Gasteiger partial charge in [0, 0.05) is 40.7 Å². The van der Waals surface area contributed by atoms with E-state index in [1.54, 1.807) is 11.8 Å². The number of hydrazine groups is 1. The zero-order valence-corrected chi connectivity index (χ0v) is 16.7. The molecule has 29 heavy (non-hydrogen) atoms. The summed E-state index contributed by atoms with van der Waals surface area (Å²) in [5, 5.41) is 13.2. The molecule has 1 saturated carbocycles. The minimum absolute atomic E-state index is 0.124. The second-order valence-electron chi connectivity index (χ2n) is 7.25. The van der Waals surface area contributed by atoms with Crippen LogP contribution >= 0.6 is 11.8 Å². The average Bonchev–Trinajstić information content (AvgIpc) is 3.32. The third-order valence-corrected chi connectivity index (χ3v) is 5.81. The largest absolute Gasteiger partial charge is 0.326 e. The summed E-state index contributed by atoms with van der Waals surface area (Å²) >= 11 is 1.64. The maximum atomic E-state index is 11.9. The molecule has 8 nitrogen and oxygen atoms in total. The zero-order chi connectivity index (χ0) is 19.8. The number of carbonyl (C=O) groups is 1. The number of nitrogens with one attached hydrogen (secondary N) is 3. The molecule has 0 radical (unpaired) electrons. The summed E-state index contributed by atoms with van der Waals surface area (Å²) in [6, 6.07) is 9.89. The van der Waals surface area contributed by atoms with Crippen molar-refractivity contribution in [3.8, 4) is 0 Å². The van der Waals surface area contributed by atoms with E-state index >= 15 is 0 Å². The van der Waals surface area contributed by atoms with Crippen LogP contribution in [-0.2, 0) is 11.3 Å². The highest BCUT2D eigenvalue weighted by atomic mass is 32.2. The van der Waals surface area contributed by atoms with Crippen LogP contribution in [0.3, 0.4) is 0 Å². The van der Waals surface area contributed by atoms with Crippen molar-refractivity contribution in [2.75, 3.05) is 10.7 Å². The van der Waals surface area contributed by atoms with Crippen molar-refractivity contribution in [3.63, 3.8) is 0 Å². The van der Waals surface area contributed by atoms with Gasteiger partial charge >= 0.3 is 0 Å². The molecule has 1 aromatic carbocycles. The molecule has 2 aromatic heterocycles. The van der Waals surface area contributed by atoms with E-state index in [-0.39, 0.29) is 11.8 Å². The fourth-order valence-corrected chi connectivity index (χ4v) is 4.09. The molecule has 3 aromatic rings. The number of hydrogen-bond acceptors (Lipinski definition) is 6. The van der Waals surface area contributed by atoms with Crippen LogP contribution in [0.5, 0.6) is 0 Å². The number of anilines is 2. The van der Waals surface area contributed by atoms with Gasteiger partial charge < -0.3 is 5.32 Å². The number of aromatic amines is 1. The molecule has 1 amide bonds. The van der Waals surface area contributed by atoms with E-state index in [1.807, 2.05) is 60.9 Å². The predicted molar refractivity (Wildman–Crippen MR) is 113 cm³/mol. The van der Waals surface area contributed by atoms with E-state index in [0.717, 1.165) is 45.8 Å². The molecule has 0 unspecified atom stereocenters. The smallest absolute Gasteiger partial charge is 0.227 e. The summed E-state index contributed by atoms with van der Waals surface area (Å²) in [7, 11) is 0. The fourth-order valence-electron chi connectivity index (χ4n) is 3.13. The summed E-state index contributed by atoms with van der Waals surface area (Å²) in [6.07, 6.45) is 7.83. The molecule has 1 aliphatic heterocycles. The van der Waals surface area contributed by atoms with Crippen LogP contribution in [0.1, 0.15) is 24.4 Å². The third-order valence-electron chi connectivity index (χ3n) is 4.79. The second kappa shape index (κ2) is 7.32. The van der Waals surface area contributed by atoms with Crippen molar-refractivity contribution < 1.29 is 4.79 Å². The molecule has 0 saturated heterocycles. The standard InChI is InChI=1S/C20H21N7OS/c1-13-10-17(24-23-13)25-26-11-18-21-8-9-27(18)19(12-26)29-16-6-4-15(5-7-16)22-20(28)14-2-3-14/h4-10,12,14H,2-3,11H2,1H3,(H,22,28)(H2,23,24,25). The molecular weight excluding hydrogens is 386 g/mol. The first-order valence-corrected chi connectivity index (χ1v) is 10.3. The number of thioether (sulfide) groups is 1. The lowest BCUT2D eigenvalue weighted by Gasteiger charge is -2.27. The van der Waals surface area contributed by atoms with Crippen molar-refractivity contribution in [2.24, 2.45) is 5.92 Å². The van der Waals surface area contributed by atoms with Crippen molar-refractivity contribution >= 4 is 34.2 Å². The number of amides is 1. The highest BCUT2D eigenvalue weighted by Crippen LogP contribution is 2.35. The Balaban J connectivity index is 1.31. The number of aromatic nitrogens is 4. The van der Waals surface area contributed by atoms with E-state index in [0.29, 0.717) is 6.54 Å². The minimum atomic E-state index is 0.124. The van der Waals surface area contributed by atoms with Gasteiger partial charge in [0.2, 0.25) is 5.91 Å². The van der Waals surface area contributed by atoms with Crippen molar-refractivity contribution in [3.05, 3.63) is 60.4 Å². The number of hydrogen-bond donors (Lipinski definition) is 3. The Labute approximate surface area is 172 Å². The number of imidazole rings is 1. The molecule has 3 N–H and O–H groups in total. The fraction of sp³-hybridized carbons (Fsp3) is 0.250. The van der Waals surface area contributed by atoms with E-state index in [2.05, 4.69) is 30.5 Å². The van der Waals surface area contributed by atoms with Crippen molar-refractivity contribution in [2.45, 2.75) is 31.2 Å². The SMILES string of the molecule is Cc1cc(NN2C=C(Sc3ccc(NC(=O)C4CC4)cc3)n3ccnc3C2)n[nH]1. The Morgan fingerprint density at radius 2 is 2.10 bits per heavy atom. The van der Waals surface area contributed by atoms with Crippen LogP contribution < -0.4 is 10.7 Å². The molecule has 1 fully saturated rings. The van der Waals surface area contributed by atoms with Crippen LogP contribution in [0.15, 0.2) is 53.8 Å². The Kier molecular flexibility index (Phi) is 4.51. The van der Waals surface area contributed by atoms with Crippen molar-refractivity contribution in [1.29, 1.82) is 0 Å². The lowest BCUT2D eigenvalue weighted by atomic mass is 10.3. The Morgan fingerprint density at radius 1 is 1.28 bits per heavy atom. The third kappa shape index (κ3) is 4.00. The van der Waals surface area contributed by atoms with Gasteiger partial charge in [-0.3, -0.25) is 24.9 Å². The van der Waals surface area contributed by atoms with Crippen LogP contribution in [0.2, 0.25) is 0 Å². The molecule has 148 valence electrons. The summed E-state index contributed by atoms with van der Waals surface area (Å²) in [5.74, 6) is 2.04. The number of fused-ring (bicyclic) bond motifs is 1. The lowest BCUT2D eigenvalue weighted by Crippen LogP contribution is -2.29. The Hall–Kier alpha value is -3.20. The topological polar surface area (TPSA) is 90.9 Å². The van der Waals surface area contributed by atoms with Crippen LogP contribution in [-0.4, -0.2) is 30.7 Å². The molecule has 0 bridgehead atoms.